The largest absolute Gasteiger partial charge is 0.322 e. The van der Waals surface area contributed by atoms with E-state index in [0.29, 0.717) is 17.8 Å². The highest BCUT2D eigenvalue weighted by Crippen LogP contribution is 2.26. The summed E-state index contributed by atoms with van der Waals surface area (Å²) in [5, 5.41) is 2.85. The monoisotopic (exact) mass is 386 g/mol. The zero-order chi connectivity index (χ0) is 19.6. The quantitative estimate of drug-likeness (QED) is 0.859. The van der Waals surface area contributed by atoms with Crippen LogP contribution in [0.25, 0.3) is 0 Å². The first kappa shape index (κ1) is 19.6. The van der Waals surface area contributed by atoms with E-state index >= 15 is 0 Å². The van der Waals surface area contributed by atoms with Gasteiger partial charge in [-0.25, -0.2) is 8.42 Å². The zero-order valence-corrected chi connectivity index (χ0v) is 16.8. The van der Waals surface area contributed by atoms with Gasteiger partial charge in [0.05, 0.1) is 4.90 Å². The molecular formula is C21H26N2O3S. The number of anilines is 1. The number of sulfonamides is 1. The number of nitrogens with one attached hydrogen (secondary N) is 1. The van der Waals surface area contributed by atoms with Gasteiger partial charge in [-0.15, -0.1) is 0 Å². The Labute approximate surface area is 161 Å². The molecule has 0 aliphatic carbocycles. The Morgan fingerprint density at radius 2 is 1.78 bits per heavy atom. The number of hydrogen-bond acceptors (Lipinski definition) is 3. The first-order valence-electron chi connectivity index (χ1n) is 9.29. The fourth-order valence-electron chi connectivity index (χ4n) is 3.41. The lowest BCUT2D eigenvalue weighted by atomic mass is 10.1. The van der Waals surface area contributed by atoms with Crippen LogP contribution in [0.1, 0.15) is 47.7 Å². The van der Waals surface area contributed by atoms with E-state index in [4.69, 9.17) is 0 Å². The number of aryl methyl sites for hydroxylation is 2. The van der Waals surface area contributed by atoms with E-state index in [2.05, 4.69) is 5.32 Å². The summed E-state index contributed by atoms with van der Waals surface area (Å²) < 4.78 is 27.7. The van der Waals surface area contributed by atoms with Crippen molar-refractivity contribution in [1.29, 1.82) is 0 Å². The number of nitrogens with zero attached hydrogens (tertiary/aromatic N) is 1. The third kappa shape index (κ3) is 4.22. The van der Waals surface area contributed by atoms with Crippen LogP contribution >= 0.6 is 0 Å². The second kappa shape index (κ2) is 7.82. The van der Waals surface area contributed by atoms with Crippen LogP contribution in [0, 0.1) is 13.8 Å². The van der Waals surface area contributed by atoms with E-state index in [1.165, 1.54) is 6.07 Å². The van der Waals surface area contributed by atoms with Gasteiger partial charge in [0.1, 0.15) is 0 Å². The standard InChI is InChI=1S/C21H26N2O3S/c1-15-7-10-18(11-8-15)22-21(24)20-14-19(12-9-16(20)2)27(25,26)23-13-5-4-6-17(23)3/h7-12,14,17H,4-6,13H2,1-3H3,(H,22,24). The van der Waals surface area contributed by atoms with E-state index < -0.39 is 10.0 Å². The lowest BCUT2D eigenvalue weighted by Gasteiger charge is -2.32. The summed E-state index contributed by atoms with van der Waals surface area (Å²) in [5.41, 5.74) is 2.91. The van der Waals surface area contributed by atoms with Gasteiger partial charge in [0.15, 0.2) is 0 Å². The van der Waals surface area contributed by atoms with Crippen molar-refractivity contribution in [2.45, 2.75) is 51.0 Å². The van der Waals surface area contributed by atoms with Crippen molar-refractivity contribution in [1.82, 2.24) is 4.31 Å². The van der Waals surface area contributed by atoms with E-state index in [1.54, 1.807) is 16.4 Å². The van der Waals surface area contributed by atoms with Gasteiger partial charge in [-0.2, -0.15) is 4.31 Å². The van der Waals surface area contributed by atoms with E-state index in [0.717, 1.165) is 30.4 Å². The van der Waals surface area contributed by atoms with Gasteiger partial charge in [0.2, 0.25) is 10.0 Å². The van der Waals surface area contributed by atoms with Crippen molar-refractivity contribution in [2.24, 2.45) is 0 Å². The number of benzene rings is 2. The van der Waals surface area contributed by atoms with Gasteiger partial charge in [0, 0.05) is 23.8 Å². The molecule has 1 heterocycles. The molecule has 1 aliphatic rings. The molecule has 1 unspecified atom stereocenters. The average molecular weight is 387 g/mol. The Bertz CT molecular complexity index is 936. The maximum Gasteiger partial charge on any atom is 0.255 e. The summed E-state index contributed by atoms with van der Waals surface area (Å²) in [6.45, 7) is 6.26. The molecule has 5 nitrogen and oxygen atoms in total. The molecule has 1 atom stereocenters. The van der Waals surface area contributed by atoms with Gasteiger partial charge in [-0.05, 0) is 63.4 Å². The maximum atomic E-state index is 13.1. The van der Waals surface area contributed by atoms with Gasteiger partial charge >= 0.3 is 0 Å². The summed E-state index contributed by atoms with van der Waals surface area (Å²) >= 11 is 0. The van der Waals surface area contributed by atoms with Crippen molar-refractivity contribution in [2.75, 3.05) is 11.9 Å². The normalized spacial score (nSPS) is 18.3. The van der Waals surface area contributed by atoms with Crippen molar-refractivity contribution >= 4 is 21.6 Å². The molecule has 1 N–H and O–H groups in total. The molecule has 1 amide bonds. The molecule has 6 heteroatoms. The molecule has 0 saturated carbocycles. The van der Waals surface area contributed by atoms with E-state index in [1.807, 2.05) is 45.0 Å². The van der Waals surface area contributed by atoms with Crippen molar-refractivity contribution < 1.29 is 13.2 Å². The number of hydrogen-bond donors (Lipinski definition) is 1. The van der Waals surface area contributed by atoms with Crippen LogP contribution in [0.5, 0.6) is 0 Å². The summed E-state index contributed by atoms with van der Waals surface area (Å²) in [7, 11) is -3.61. The molecule has 27 heavy (non-hydrogen) atoms. The second-order valence-electron chi connectivity index (χ2n) is 7.26. The topological polar surface area (TPSA) is 66.5 Å². The predicted octanol–water partition coefficient (Wildman–Crippen LogP) is 4.12. The molecular weight excluding hydrogens is 360 g/mol. The van der Waals surface area contributed by atoms with Crippen molar-refractivity contribution in [3.05, 3.63) is 59.2 Å². The maximum absolute atomic E-state index is 13.1. The van der Waals surface area contributed by atoms with Gasteiger partial charge < -0.3 is 5.32 Å². The fraction of sp³-hybridized carbons (Fsp3) is 0.381. The van der Waals surface area contributed by atoms with Gasteiger partial charge in [-0.3, -0.25) is 4.79 Å². The first-order valence-corrected chi connectivity index (χ1v) is 10.7. The van der Waals surface area contributed by atoms with Crippen molar-refractivity contribution in [3.63, 3.8) is 0 Å². The predicted molar refractivity (Wildman–Crippen MR) is 108 cm³/mol. The summed E-state index contributed by atoms with van der Waals surface area (Å²) in [4.78, 5) is 12.9. The van der Waals surface area contributed by atoms with Gasteiger partial charge in [0.25, 0.3) is 5.91 Å². The second-order valence-corrected chi connectivity index (χ2v) is 9.15. The zero-order valence-electron chi connectivity index (χ0n) is 16.0. The molecule has 0 aromatic heterocycles. The van der Waals surface area contributed by atoms with Crippen LogP contribution in [-0.2, 0) is 10.0 Å². The lowest BCUT2D eigenvalue weighted by molar-refractivity contribution is 0.102. The Kier molecular flexibility index (Phi) is 5.67. The fourth-order valence-corrected chi connectivity index (χ4v) is 5.13. The van der Waals surface area contributed by atoms with Crippen LogP contribution in [0.4, 0.5) is 5.69 Å². The number of piperidine rings is 1. The number of rotatable bonds is 4. The Hall–Kier alpha value is -2.18. The lowest BCUT2D eigenvalue weighted by Crippen LogP contribution is -2.42. The van der Waals surface area contributed by atoms with Crippen LogP contribution in [0.15, 0.2) is 47.4 Å². The molecule has 144 valence electrons. The smallest absolute Gasteiger partial charge is 0.255 e. The third-order valence-electron chi connectivity index (χ3n) is 5.11. The number of amides is 1. The van der Waals surface area contributed by atoms with E-state index in [9.17, 15) is 13.2 Å². The molecule has 3 rings (SSSR count). The molecule has 2 aromatic carbocycles. The molecule has 0 radical (unpaired) electrons. The summed E-state index contributed by atoms with van der Waals surface area (Å²) in [5.74, 6) is -0.305. The molecule has 1 aliphatic heterocycles. The van der Waals surface area contributed by atoms with Gasteiger partial charge in [-0.1, -0.05) is 30.2 Å². The summed E-state index contributed by atoms with van der Waals surface area (Å²) in [6, 6.07) is 12.3. The molecule has 0 bridgehead atoms. The highest BCUT2D eigenvalue weighted by Gasteiger charge is 2.31. The number of carbonyl (C=O) groups is 1. The Morgan fingerprint density at radius 1 is 1.07 bits per heavy atom. The minimum atomic E-state index is -3.61. The average Bonchev–Trinajstić information content (AvgIpc) is 2.64. The first-order chi connectivity index (χ1) is 12.8. The Morgan fingerprint density at radius 3 is 2.44 bits per heavy atom. The number of carbonyl (C=O) groups excluding carboxylic acids is 1. The van der Waals surface area contributed by atoms with Crippen LogP contribution in [0.3, 0.4) is 0 Å². The van der Waals surface area contributed by atoms with Crippen LogP contribution in [-0.4, -0.2) is 31.2 Å². The summed E-state index contributed by atoms with van der Waals surface area (Å²) in [6.07, 6.45) is 2.79. The van der Waals surface area contributed by atoms with Crippen LogP contribution in [0.2, 0.25) is 0 Å². The minimum Gasteiger partial charge on any atom is -0.322 e. The molecule has 0 spiro atoms. The third-order valence-corrected chi connectivity index (χ3v) is 7.12. The molecule has 1 fully saturated rings. The van der Waals surface area contributed by atoms with E-state index in [-0.39, 0.29) is 16.8 Å². The highest BCUT2D eigenvalue weighted by molar-refractivity contribution is 7.89. The minimum absolute atomic E-state index is 0.0186. The van der Waals surface area contributed by atoms with Crippen LogP contribution < -0.4 is 5.32 Å². The molecule has 2 aromatic rings. The van der Waals surface area contributed by atoms with Crippen molar-refractivity contribution in [3.8, 4) is 0 Å². The SMILES string of the molecule is Cc1ccc(NC(=O)c2cc(S(=O)(=O)N3CCCCC3C)ccc2C)cc1. The molecule has 1 saturated heterocycles. The Balaban J connectivity index is 1.89. The highest BCUT2D eigenvalue weighted by atomic mass is 32.2.